The Balaban J connectivity index is 1.42. The summed E-state index contributed by atoms with van der Waals surface area (Å²) in [5.41, 5.74) is 10.2. The predicted octanol–water partition coefficient (Wildman–Crippen LogP) is 5.49. The number of hydrogen-bond acceptors (Lipinski definition) is 2. The molecule has 3 aromatic carbocycles. The molecule has 0 spiro atoms. The highest BCUT2D eigenvalue weighted by atomic mass is 35.5. The first kappa shape index (κ1) is 21.9. The van der Waals surface area contributed by atoms with E-state index in [0.29, 0.717) is 16.5 Å². The van der Waals surface area contributed by atoms with Crippen molar-refractivity contribution in [1.82, 2.24) is 9.29 Å². The zero-order valence-electron chi connectivity index (χ0n) is 18.0. The van der Waals surface area contributed by atoms with Crippen molar-refractivity contribution in [3.8, 4) is 11.1 Å². The van der Waals surface area contributed by atoms with Crippen LogP contribution in [-0.4, -0.2) is 32.5 Å². The maximum atomic E-state index is 13.0. The first-order valence-electron chi connectivity index (χ1n) is 10.9. The van der Waals surface area contributed by atoms with E-state index in [0.717, 1.165) is 52.9 Å². The molecular formula is C26H24ClN3O2S. The van der Waals surface area contributed by atoms with Gasteiger partial charge in [0.25, 0.3) is 5.91 Å². The van der Waals surface area contributed by atoms with Crippen molar-refractivity contribution in [2.75, 3.05) is 13.1 Å². The second-order valence-corrected chi connectivity index (χ2v) is 10.2. The molecule has 0 bridgehead atoms. The number of benzene rings is 3. The van der Waals surface area contributed by atoms with E-state index in [2.05, 4.69) is 11.1 Å². The lowest BCUT2D eigenvalue weighted by Crippen LogP contribution is -2.34. The van der Waals surface area contributed by atoms with Crippen LogP contribution in [0.3, 0.4) is 0 Å². The first-order chi connectivity index (χ1) is 16.0. The maximum Gasteiger partial charge on any atom is 0.250 e. The van der Waals surface area contributed by atoms with Gasteiger partial charge in [-0.1, -0.05) is 41.9 Å². The number of nitrogens with two attached hydrogens (primary N) is 1. The van der Waals surface area contributed by atoms with Gasteiger partial charge >= 0.3 is 0 Å². The molecule has 1 fully saturated rings. The molecule has 1 aromatic heterocycles. The first-order valence-corrected chi connectivity index (χ1v) is 12.4. The number of fused-ring (bicyclic) bond motifs is 1. The molecule has 0 saturated carbocycles. The van der Waals surface area contributed by atoms with Gasteiger partial charge in [-0.05, 0) is 71.8 Å². The number of aromatic amines is 1. The Morgan fingerprint density at radius 3 is 2.36 bits per heavy atom. The van der Waals surface area contributed by atoms with E-state index in [1.807, 2.05) is 59.0 Å². The van der Waals surface area contributed by atoms with Crippen LogP contribution < -0.4 is 5.73 Å². The van der Waals surface area contributed by atoms with E-state index < -0.39 is 16.9 Å². The smallest absolute Gasteiger partial charge is 0.250 e. The number of nitrogens with zero attached hydrogens (tertiary/aromatic N) is 1. The van der Waals surface area contributed by atoms with Crippen molar-refractivity contribution in [3.63, 3.8) is 0 Å². The summed E-state index contributed by atoms with van der Waals surface area (Å²) in [6, 6.07) is 21.2. The van der Waals surface area contributed by atoms with Gasteiger partial charge in [-0.15, -0.1) is 0 Å². The Morgan fingerprint density at radius 2 is 1.70 bits per heavy atom. The minimum atomic E-state index is -1.20. The van der Waals surface area contributed by atoms with Crippen LogP contribution in [0.15, 0.2) is 77.8 Å². The number of carbonyl (C=O) groups excluding carboxylic acids is 1. The van der Waals surface area contributed by atoms with Crippen LogP contribution in [-0.2, 0) is 11.0 Å². The number of aromatic nitrogens is 1. The number of carbonyl (C=O) groups is 1. The zero-order chi connectivity index (χ0) is 22.9. The van der Waals surface area contributed by atoms with Crippen LogP contribution in [0.25, 0.3) is 22.0 Å². The fraction of sp³-hybridized carbons (Fsp3) is 0.192. The molecule has 4 aromatic rings. The van der Waals surface area contributed by atoms with E-state index >= 15 is 0 Å². The van der Waals surface area contributed by atoms with Crippen molar-refractivity contribution in [3.05, 3.63) is 89.1 Å². The van der Waals surface area contributed by atoms with Gasteiger partial charge < -0.3 is 10.7 Å². The largest absolute Gasteiger partial charge is 0.366 e. The molecule has 2 heterocycles. The van der Waals surface area contributed by atoms with Gasteiger partial charge in [-0.2, -0.15) is 0 Å². The van der Waals surface area contributed by atoms with Crippen LogP contribution in [0.4, 0.5) is 0 Å². The number of primary amides is 1. The molecule has 5 rings (SSSR count). The highest BCUT2D eigenvalue weighted by molar-refractivity contribution is 7.82. The second-order valence-electron chi connectivity index (χ2n) is 8.33. The third-order valence-corrected chi connectivity index (χ3v) is 8.10. The van der Waals surface area contributed by atoms with Crippen molar-refractivity contribution >= 4 is 39.4 Å². The number of rotatable bonds is 5. The zero-order valence-corrected chi connectivity index (χ0v) is 19.5. The summed E-state index contributed by atoms with van der Waals surface area (Å²) in [6.45, 7) is 1.46. The molecule has 1 amide bonds. The summed E-state index contributed by atoms with van der Waals surface area (Å²) in [5, 5.41) is 1.67. The summed E-state index contributed by atoms with van der Waals surface area (Å²) >= 11 is 5.96. The Morgan fingerprint density at radius 1 is 1.00 bits per heavy atom. The molecule has 0 aliphatic carbocycles. The third-order valence-electron chi connectivity index (χ3n) is 6.34. The highest BCUT2D eigenvalue weighted by Crippen LogP contribution is 2.37. The second kappa shape index (κ2) is 9.14. The average molecular weight is 478 g/mol. The van der Waals surface area contributed by atoms with E-state index in [-0.39, 0.29) is 0 Å². The standard InChI is InChI=1S/C26H24ClN3O2S/c27-20-6-8-21(9-7-20)33(32)30-12-10-18(11-13-30)24-16-29-25-22(24)14-19(15-23(25)26(28)31)17-4-2-1-3-5-17/h1-9,14-16,18,29H,10-13H2,(H2,28,31). The molecule has 1 saturated heterocycles. The molecule has 1 atom stereocenters. The number of nitrogens with one attached hydrogen (secondary N) is 1. The molecule has 0 radical (unpaired) electrons. The molecule has 168 valence electrons. The molecule has 5 nitrogen and oxygen atoms in total. The van der Waals surface area contributed by atoms with Gasteiger partial charge in [0.15, 0.2) is 0 Å². The average Bonchev–Trinajstić information content (AvgIpc) is 3.28. The number of piperidine rings is 1. The van der Waals surface area contributed by atoms with Crippen molar-refractivity contribution in [1.29, 1.82) is 0 Å². The Hall–Kier alpha value is -2.93. The molecule has 1 unspecified atom stereocenters. The van der Waals surface area contributed by atoms with E-state index in [9.17, 15) is 9.00 Å². The Bertz CT molecular complexity index is 1330. The SMILES string of the molecule is NC(=O)c1cc(-c2ccccc2)cc2c(C3CCN(S(=O)c4ccc(Cl)cc4)CC3)c[nH]c12. The van der Waals surface area contributed by atoms with Gasteiger partial charge in [-0.25, -0.2) is 8.51 Å². The monoisotopic (exact) mass is 477 g/mol. The minimum Gasteiger partial charge on any atom is -0.366 e. The number of halogens is 1. The van der Waals surface area contributed by atoms with Gasteiger partial charge in [-0.3, -0.25) is 4.79 Å². The quantitative estimate of drug-likeness (QED) is 0.398. The molecule has 1 aliphatic heterocycles. The summed E-state index contributed by atoms with van der Waals surface area (Å²) in [4.78, 5) is 16.3. The third kappa shape index (κ3) is 4.34. The van der Waals surface area contributed by atoms with Crippen LogP contribution in [0, 0.1) is 0 Å². The Kier molecular flexibility index (Phi) is 6.06. The normalized spacial score (nSPS) is 16.2. The summed E-state index contributed by atoms with van der Waals surface area (Å²) < 4.78 is 15.0. The summed E-state index contributed by atoms with van der Waals surface area (Å²) in [5.74, 6) is -0.136. The fourth-order valence-corrected chi connectivity index (χ4v) is 5.95. The van der Waals surface area contributed by atoms with Crippen LogP contribution >= 0.6 is 11.6 Å². The topological polar surface area (TPSA) is 79.2 Å². The summed E-state index contributed by atoms with van der Waals surface area (Å²) in [7, 11) is -1.20. The van der Waals surface area contributed by atoms with Gasteiger partial charge in [0.1, 0.15) is 11.0 Å². The van der Waals surface area contributed by atoms with Gasteiger partial charge in [0.2, 0.25) is 0 Å². The lowest BCUT2D eigenvalue weighted by Gasteiger charge is -2.30. The van der Waals surface area contributed by atoms with Crippen LogP contribution in [0.5, 0.6) is 0 Å². The lowest BCUT2D eigenvalue weighted by molar-refractivity contribution is 0.100. The highest BCUT2D eigenvalue weighted by Gasteiger charge is 2.27. The Labute approximate surface area is 200 Å². The van der Waals surface area contributed by atoms with Crippen molar-refractivity contribution in [2.24, 2.45) is 5.73 Å². The molecule has 1 aliphatic rings. The van der Waals surface area contributed by atoms with Crippen molar-refractivity contribution < 1.29 is 9.00 Å². The fourth-order valence-electron chi connectivity index (χ4n) is 4.62. The molecule has 7 heteroatoms. The minimum absolute atomic E-state index is 0.309. The molecular weight excluding hydrogens is 454 g/mol. The molecule has 3 N–H and O–H groups in total. The van der Waals surface area contributed by atoms with E-state index in [1.165, 1.54) is 5.56 Å². The van der Waals surface area contributed by atoms with Crippen molar-refractivity contribution in [2.45, 2.75) is 23.7 Å². The number of H-pyrrole nitrogens is 1. The maximum absolute atomic E-state index is 13.0. The predicted molar refractivity (Wildman–Crippen MR) is 134 cm³/mol. The van der Waals surface area contributed by atoms with Crippen LogP contribution in [0.1, 0.15) is 34.7 Å². The van der Waals surface area contributed by atoms with E-state index in [4.69, 9.17) is 17.3 Å². The lowest BCUT2D eigenvalue weighted by atomic mass is 9.88. The number of hydrogen-bond donors (Lipinski definition) is 2. The van der Waals surface area contributed by atoms with E-state index in [1.54, 1.807) is 12.1 Å². The number of amides is 1. The van der Waals surface area contributed by atoms with Gasteiger partial charge in [0, 0.05) is 29.7 Å². The summed E-state index contributed by atoms with van der Waals surface area (Å²) in [6.07, 6.45) is 3.77. The van der Waals surface area contributed by atoms with Gasteiger partial charge in [0.05, 0.1) is 16.0 Å². The molecule has 33 heavy (non-hydrogen) atoms. The van der Waals surface area contributed by atoms with Crippen LogP contribution in [0.2, 0.25) is 5.02 Å².